The number of rotatable bonds is 7. The second kappa shape index (κ2) is 9.43. The summed E-state index contributed by atoms with van der Waals surface area (Å²) >= 11 is 2.37. The number of aryl methyl sites for hydroxylation is 1. The first-order valence-electron chi connectivity index (χ1n) is 10.2. The first-order valence-corrected chi connectivity index (χ1v) is 11.9. The minimum absolute atomic E-state index is 0.0737. The highest BCUT2D eigenvalue weighted by Crippen LogP contribution is 2.32. The summed E-state index contributed by atoms with van der Waals surface area (Å²) in [5.74, 6) is -0.689. The van der Waals surface area contributed by atoms with Crippen molar-refractivity contribution in [2.24, 2.45) is 5.92 Å². The summed E-state index contributed by atoms with van der Waals surface area (Å²) in [7, 11) is 0. The number of nitrogens with zero attached hydrogens (tertiary/aromatic N) is 4. The molecule has 32 heavy (non-hydrogen) atoms. The zero-order valence-electron chi connectivity index (χ0n) is 17.9. The normalized spacial score (nSPS) is 16.1. The number of hydrogen-bond acceptors (Lipinski definition) is 10. The Morgan fingerprint density at radius 2 is 2.16 bits per heavy atom. The van der Waals surface area contributed by atoms with Crippen molar-refractivity contribution < 1.29 is 19.1 Å². The maximum atomic E-state index is 13.0. The number of hydrogen-bond donors (Lipinski definition) is 1. The molecule has 0 aliphatic carbocycles. The van der Waals surface area contributed by atoms with Crippen molar-refractivity contribution in [2.45, 2.75) is 46.3 Å². The molecule has 0 spiro atoms. The van der Waals surface area contributed by atoms with Gasteiger partial charge in [-0.15, -0.1) is 21.5 Å². The van der Waals surface area contributed by atoms with Crippen molar-refractivity contribution in [1.82, 2.24) is 19.7 Å². The molecule has 4 heterocycles. The van der Waals surface area contributed by atoms with E-state index in [9.17, 15) is 14.4 Å². The molecule has 12 heteroatoms. The zero-order chi connectivity index (χ0) is 22.8. The van der Waals surface area contributed by atoms with E-state index in [-0.39, 0.29) is 24.1 Å². The third-order valence-corrected chi connectivity index (χ3v) is 6.97. The summed E-state index contributed by atoms with van der Waals surface area (Å²) in [5, 5.41) is 12.1. The van der Waals surface area contributed by atoms with Gasteiger partial charge in [-0.05, 0) is 31.2 Å². The predicted molar refractivity (Wildman–Crippen MR) is 120 cm³/mol. The minimum Gasteiger partial charge on any atom is -0.461 e. The Labute approximate surface area is 191 Å². The number of thiophene rings is 1. The number of anilines is 1. The zero-order valence-corrected chi connectivity index (χ0v) is 19.5. The monoisotopic (exact) mass is 477 g/mol. The Balaban J connectivity index is 1.49. The average Bonchev–Trinajstić information content (AvgIpc) is 3.49. The van der Waals surface area contributed by atoms with Gasteiger partial charge in [0.15, 0.2) is 0 Å². The van der Waals surface area contributed by atoms with Crippen molar-refractivity contribution in [2.75, 3.05) is 18.5 Å². The summed E-state index contributed by atoms with van der Waals surface area (Å²) in [6.45, 7) is 6.34. The Kier molecular flexibility index (Phi) is 6.63. The Bertz CT molecular complexity index is 1210. The molecule has 1 unspecified atom stereocenters. The summed E-state index contributed by atoms with van der Waals surface area (Å²) in [6, 6.07) is 0. The smallest absolute Gasteiger partial charge is 0.348 e. The molecule has 3 aromatic rings. The van der Waals surface area contributed by atoms with Gasteiger partial charge in [-0.25, -0.2) is 9.78 Å². The van der Waals surface area contributed by atoms with Gasteiger partial charge in [-0.2, -0.15) is 0 Å². The van der Waals surface area contributed by atoms with Crippen LogP contribution in [0, 0.1) is 12.8 Å². The number of nitrogens with one attached hydrogen (secondary N) is 1. The quantitative estimate of drug-likeness (QED) is 0.515. The molecule has 4 rings (SSSR count). The van der Waals surface area contributed by atoms with E-state index in [4.69, 9.17) is 9.47 Å². The fourth-order valence-electron chi connectivity index (χ4n) is 3.28. The molecule has 1 fully saturated rings. The van der Waals surface area contributed by atoms with E-state index in [2.05, 4.69) is 20.5 Å². The molecule has 1 N–H and O–H groups in total. The highest BCUT2D eigenvalue weighted by atomic mass is 32.1. The molecule has 1 aliphatic rings. The lowest BCUT2D eigenvalue weighted by atomic mass is 10.2. The lowest BCUT2D eigenvalue weighted by molar-refractivity contribution is -0.116. The molecule has 0 bridgehead atoms. The molecule has 1 amide bonds. The third kappa shape index (κ3) is 4.71. The van der Waals surface area contributed by atoms with Crippen LogP contribution in [0.3, 0.4) is 0 Å². The van der Waals surface area contributed by atoms with E-state index in [0.29, 0.717) is 39.0 Å². The fourth-order valence-corrected chi connectivity index (χ4v) is 5.15. The van der Waals surface area contributed by atoms with Crippen molar-refractivity contribution in [1.29, 1.82) is 0 Å². The number of aromatic nitrogens is 4. The third-order valence-electron chi connectivity index (χ3n) is 4.86. The number of carbonyl (C=O) groups is 2. The second-order valence-corrected chi connectivity index (χ2v) is 9.91. The summed E-state index contributed by atoms with van der Waals surface area (Å²) in [5.41, 5.74) is 0.121. The van der Waals surface area contributed by atoms with Crippen LogP contribution in [-0.2, 0) is 20.8 Å². The summed E-state index contributed by atoms with van der Waals surface area (Å²) < 4.78 is 12.1. The fraction of sp³-hybridized carbons (Fsp3) is 0.500. The van der Waals surface area contributed by atoms with E-state index >= 15 is 0 Å². The number of amides is 1. The molecule has 1 aliphatic heterocycles. The van der Waals surface area contributed by atoms with Gasteiger partial charge in [0.1, 0.15) is 27.4 Å². The van der Waals surface area contributed by atoms with E-state index in [0.717, 1.165) is 29.2 Å². The molecular formula is C20H23N5O5S2. The molecule has 1 saturated heterocycles. The Hall–Kier alpha value is -2.70. The van der Waals surface area contributed by atoms with Crippen molar-refractivity contribution >= 4 is 49.9 Å². The lowest BCUT2D eigenvalue weighted by Gasteiger charge is -2.06. The van der Waals surface area contributed by atoms with Crippen LogP contribution in [0.5, 0.6) is 0 Å². The standard InChI is InChI=1S/C20H23N5O5S2/c1-10(2)8-30-19(28)15-11(3)14-17(31-15)21-9-25(18(14)27)7-13(26)22-20-24-23-16(32-20)12-5-4-6-29-12/h9-10,12H,4-8H2,1-3H3,(H,22,24,26). The van der Waals surface area contributed by atoms with E-state index < -0.39 is 11.9 Å². The Morgan fingerprint density at radius 3 is 2.88 bits per heavy atom. The average molecular weight is 478 g/mol. The number of carbonyl (C=O) groups excluding carboxylic acids is 2. The largest absolute Gasteiger partial charge is 0.461 e. The van der Waals surface area contributed by atoms with Gasteiger partial charge >= 0.3 is 5.97 Å². The van der Waals surface area contributed by atoms with Crippen LogP contribution in [-0.4, -0.2) is 44.8 Å². The summed E-state index contributed by atoms with van der Waals surface area (Å²) in [4.78, 5) is 42.9. The lowest BCUT2D eigenvalue weighted by Crippen LogP contribution is -2.27. The number of esters is 1. The molecule has 0 radical (unpaired) electrons. The molecule has 3 aromatic heterocycles. The van der Waals surface area contributed by atoms with Crippen LogP contribution in [0.2, 0.25) is 0 Å². The van der Waals surface area contributed by atoms with E-state index in [1.54, 1.807) is 6.92 Å². The van der Waals surface area contributed by atoms with Gasteiger partial charge < -0.3 is 9.47 Å². The molecule has 0 aromatic carbocycles. The Morgan fingerprint density at radius 1 is 1.34 bits per heavy atom. The van der Waals surface area contributed by atoms with Crippen LogP contribution >= 0.6 is 22.7 Å². The van der Waals surface area contributed by atoms with Gasteiger partial charge in [0, 0.05) is 6.61 Å². The first kappa shape index (κ1) is 22.5. The molecule has 0 saturated carbocycles. The molecule has 170 valence electrons. The highest BCUT2D eigenvalue weighted by molar-refractivity contribution is 7.20. The van der Waals surface area contributed by atoms with Gasteiger partial charge in [-0.3, -0.25) is 19.5 Å². The van der Waals surface area contributed by atoms with Crippen LogP contribution < -0.4 is 10.9 Å². The van der Waals surface area contributed by atoms with Gasteiger partial charge in [0.25, 0.3) is 5.56 Å². The van der Waals surface area contributed by atoms with Crippen molar-refractivity contribution in [3.05, 3.63) is 32.1 Å². The maximum Gasteiger partial charge on any atom is 0.348 e. The minimum atomic E-state index is -0.471. The number of fused-ring (bicyclic) bond motifs is 1. The van der Waals surface area contributed by atoms with E-state index in [1.165, 1.54) is 22.2 Å². The van der Waals surface area contributed by atoms with Crippen molar-refractivity contribution in [3.63, 3.8) is 0 Å². The van der Waals surface area contributed by atoms with Crippen LogP contribution in [0.25, 0.3) is 10.2 Å². The topological polar surface area (TPSA) is 125 Å². The molecule has 1 atom stereocenters. The van der Waals surface area contributed by atoms with Gasteiger partial charge in [0.2, 0.25) is 11.0 Å². The maximum absolute atomic E-state index is 13.0. The van der Waals surface area contributed by atoms with Crippen LogP contribution in [0.1, 0.15) is 53.0 Å². The van der Waals surface area contributed by atoms with Crippen LogP contribution in [0.4, 0.5) is 5.13 Å². The van der Waals surface area contributed by atoms with Crippen molar-refractivity contribution in [3.8, 4) is 0 Å². The van der Waals surface area contributed by atoms with Gasteiger partial charge in [-0.1, -0.05) is 25.2 Å². The SMILES string of the molecule is Cc1c(C(=O)OCC(C)C)sc2ncn(CC(=O)Nc3nnc(C4CCCO4)s3)c(=O)c12. The number of ether oxygens (including phenoxy) is 2. The van der Waals surface area contributed by atoms with Crippen LogP contribution in [0.15, 0.2) is 11.1 Å². The predicted octanol–water partition coefficient (Wildman–Crippen LogP) is 2.92. The summed E-state index contributed by atoms with van der Waals surface area (Å²) in [6.07, 6.45) is 3.09. The molecular weight excluding hydrogens is 454 g/mol. The second-order valence-electron chi connectivity index (χ2n) is 7.90. The first-order chi connectivity index (χ1) is 15.3. The van der Waals surface area contributed by atoms with Gasteiger partial charge in [0.05, 0.1) is 18.3 Å². The van der Waals surface area contributed by atoms with E-state index in [1.807, 2.05) is 13.8 Å². The molecule has 10 nitrogen and oxygen atoms in total. The highest BCUT2D eigenvalue weighted by Gasteiger charge is 2.23.